The highest BCUT2D eigenvalue weighted by Gasteiger charge is 2.34. The van der Waals surface area contributed by atoms with Crippen molar-refractivity contribution in [1.29, 1.82) is 0 Å². The Kier molecular flexibility index (Phi) is 4.14. The smallest absolute Gasteiger partial charge is 0.250 e. The normalized spacial score (nSPS) is 16.0. The number of rotatable bonds is 6. The molecule has 138 valence electrons. The largest absolute Gasteiger partial charge is 0.454 e. The molecular formula is C15H15BrN4O5S. The molecule has 0 radical (unpaired) electrons. The number of primary amides is 1. The lowest BCUT2D eigenvalue weighted by atomic mass is 10.2. The predicted molar refractivity (Wildman–Crippen MR) is 92.3 cm³/mol. The third-order valence-corrected chi connectivity index (χ3v) is 6.45. The van der Waals surface area contributed by atoms with Crippen molar-refractivity contribution < 1.29 is 22.7 Å². The predicted octanol–water partition coefficient (Wildman–Crippen LogP) is 1.11. The van der Waals surface area contributed by atoms with Crippen molar-refractivity contribution in [2.24, 2.45) is 5.73 Å². The van der Waals surface area contributed by atoms with Gasteiger partial charge in [0.05, 0.1) is 5.75 Å². The Morgan fingerprint density at radius 1 is 1.27 bits per heavy atom. The Hall–Kier alpha value is -2.14. The van der Waals surface area contributed by atoms with Gasteiger partial charge >= 0.3 is 0 Å². The van der Waals surface area contributed by atoms with Crippen molar-refractivity contribution in [2.45, 2.75) is 36.2 Å². The maximum atomic E-state index is 12.9. The van der Waals surface area contributed by atoms with Gasteiger partial charge < -0.3 is 15.2 Å². The Balaban J connectivity index is 1.70. The van der Waals surface area contributed by atoms with Crippen LogP contribution >= 0.6 is 15.9 Å². The maximum Gasteiger partial charge on any atom is 0.250 e. The van der Waals surface area contributed by atoms with Crippen LogP contribution in [-0.2, 0) is 26.9 Å². The topological polar surface area (TPSA) is 126 Å². The quantitative estimate of drug-likeness (QED) is 0.709. The number of carbonyl (C=O) groups is 1. The Morgan fingerprint density at radius 3 is 2.62 bits per heavy atom. The number of carbonyl (C=O) groups excluding carboxylic acids is 1. The van der Waals surface area contributed by atoms with Crippen LogP contribution < -0.4 is 15.2 Å². The van der Waals surface area contributed by atoms with Crippen LogP contribution in [0, 0.1) is 0 Å². The molecule has 1 aromatic carbocycles. The van der Waals surface area contributed by atoms with Gasteiger partial charge in [-0.05, 0) is 30.5 Å². The number of amides is 1. The second-order valence-corrected chi connectivity index (χ2v) is 8.96. The summed E-state index contributed by atoms with van der Waals surface area (Å²) in [6.07, 6.45) is 1.79. The molecule has 0 saturated heterocycles. The second-order valence-electron chi connectivity index (χ2n) is 6.22. The van der Waals surface area contributed by atoms with Gasteiger partial charge in [-0.1, -0.05) is 15.9 Å². The molecule has 2 heterocycles. The van der Waals surface area contributed by atoms with Gasteiger partial charge in [-0.25, -0.2) is 8.42 Å². The third-order valence-electron chi connectivity index (χ3n) is 4.17. The van der Waals surface area contributed by atoms with E-state index in [2.05, 4.69) is 26.1 Å². The number of benzene rings is 1. The minimum Gasteiger partial charge on any atom is -0.454 e. The molecule has 9 nitrogen and oxygen atoms in total. The van der Waals surface area contributed by atoms with Crippen LogP contribution in [0.1, 0.15) is 30.1 Å². The summed E-state index contributed by atoms with van der Waals surface area (Å²) in [5.74, 6) is 0.676. The highest BCUT2D eigenvalue weighted by molar-refractivity contribution is 9.10. The minimum atomic E-state index is -3.86. The van der Waals surface area contributed by atoms with Crippen molar-refractivity contribution in [3.8, 4) is 11.5 Å². The third kappa shape index (κ3) is 3.16. The van der Waals surface area contributed by atoms with Crippen molar-refractivity contribution >= 4 is 31.7 Å². The highest BCUT2D eigenvalue weighted by atomic mass is 79.9. The first kappa shape index (κ1) is 17.3. The molecule has 1 aromatic heterocycles. The Morgan fingerprint density at radius 2 is 1.96 bits per heavy atom. The van der Waals surface area contributed by atoms with Crippen molar-refractivity contribution in [1.82, 2.24) is 14.8 Å². The Labute approximate surface area is 157 Å². The highest BCUT2D eigenvalue weighted by Crippen LogP contribution is 2.40. The average Bonchev–Trinajstić information content (AvgIpc) is 3.15. The first-order chi connectivity index (χ1) is 12.3. The minimum absolute atomic E-state index is 0.0929. The van der Waals surface area contributed by atoms with E-state index in [9.17, 15) is 13.2 Å². The van der Waals surface area contributed by atoms with Crippen LogP contribution in [0.4, 0.5) is 0 Å². The summed E-state index contributed by atoms with van der Waals surface area (Å²) in [6, 6.07) is 3.28. The molecule has 2 aromatic rings. The fraction of sp³-hybridized carbons (Fsp3) is 0.400. The Bertz CT molecular complexity index is 1000. The summed E-state index contributed by atoms with van der Waals surface area (Å²) < 4.78 is 38.4. The molecule has 0 spiro atoms. The summed E-state index contributed by atoms with van der Waals surface area (Å²) in [5.41, 5.74) is 5.77. The van der Waals surface area contributed by atoms with Crippen LogP contribution in [0.2, 0.25) is 0 Å². The van der Waals surface area contributed by atoms with Gasteiger partial charge in [0.2, 0.25) is 22.5 Å². The van der Waals surface area contributed by atoms with E-state index in [1.54, 1.807) is 12.1 Å². The first-order valence-corrected chi connectivity index (χ1v) is 10.3. The molecule has 1 fully saturated rings. The molecule has 2 N–H and O–H groups in total. The molecule has 1 saturated carbocycles. The summed E-state index contributed by atoms with van der Waals surface area (Å²) >= 11 is 3.36. The number of aromatic nitrogens is 3. The number of nitrogens with two attached hydrogens (primary N) is 1. The number of sulfone groups is 1. The fourth-order valence-corrected chi connectivity index (χ4v) is 4.90. The maximum absolute atomic E-state index is 12.9. The lowest BCUT2D eigenvalue weighted by Gasteiger charge is -2.10. The molecule has 4 rings (SSSR count). The van der Waals surface area contributed by atoms with E-state index in [1.807, 2.05) is 0 Å². The zero-order chi connectivity index (χ0) is 18.5. The molecule has 11 heteroatoms. The molecule has 2 aliphatic rings. The molecule has 26 heavy (non-hydrogen) atoms. The van der Waals surface area contributed by atoms with E-state index in [4.69, 9.17) is 15.2 Å². The van der Waals surface area contributed by atoms with E-state index in [0.717, 1.165) is 12.8 Å². The van der Waals surface area contributed by atoms with Gasteiger partial charge in [0.1, 0.15) is 12.4 Å². The number of ether oxygens (including phenoxy) is 2. The van der Waals surface area contributed by atoms with Crippen molar-refractivity contribution in [2.75, 3.05) is 6.79 Å². The van der Waals surface area contributed by atoms with Crippen LogP contribution in [0.25, 0.3) is 0 Å². The number of nitrogens with zero attached hydrogens (tertiary/aromatic N) is 3. The van der Waals surface area contributed by atoms with Crippen molar-refractivity contribution in [3.63, 3.8) is 0 Å². The molecule has 0 unspecified atom stereocenters. The fourth-order valence-electron chi connectivity index (χ4n) is 2.82. The number of hydrogen-bond donors (Lipinski definition) is 1. The monoisotopic (exact) mass is 442 g/mol. The first-order valence-electron chi connectivity index (χ1n) is 7.87. The molecule has 0 bridgehead atoms. The average molecular weight is 443 g/mol. The molecule has 1 amide bonds. The second kappa shape index (κ2) is 6.23. The summed E-state index contributed by atoms with van der Waals surface area (Å²) in [7, 11) is -3.86. The molecule has 0 atom stereocenters. The van der Waals surface area contributed by atoms with E-state index < -0.39 is 15.7 Å². The number of fused-ring (bicyclic) bond motifs is 1. The van der Waals surface area contributed by atoms with E-state index in [0.29, 0.717) is 27.4 Å². The van der Waals surface area contributed by atoms with Gasteiger partial charge in [0, 0.05) is 10.4 Å². The number of hydrogen-bond acceptors (Lipinski definition) is 7. The SMILES string of the molecule is NC(=O)Cn1c(C2CC2)nnc1S(=O)(=O)Cc1cc2c(cc1Br)OCO2. The zero-order valence-corrected chi connectivity index (χ0v) is 15.9. The van der Waals surface area contributed by atoms with Crippen molar-refractivity contribution in [3.05, 3.63) is 28.0 Å². The van der Waals surface area contributed by atoms with Gasteiger partial charge in [-0.2, -0.15) is 0 Å². The van der Waals surface area contributed by atoms with Gasteiger partial charge in [-0.3, -0.25) is 9.36 Å². The molecule has 1 aliphatic heterocycles. The standard InChI is InChI=1S/C15H15BrN4O5S/c16-10-4-12-11(24-7-25-12)3-9(10)6-26(22,23)15-19-18-14(8-1-2-8)20(15)5-13(17)21/h3-4,8H,1-2,5-7H2,(H2,17,21). The van der Waals surface area contributed by atoms with Gasteiger partial charge in [0.25, 0.3) is 5.16 Å². The number of halogens is 1. The summed E-state index contributed by atoms with van der Waals surface area (Å²) in [5, 5.41) is 7.59. The molecule has 1 aliphatic carbocycles. The lowest BCUT2D eigenvalue weighted by molar-refractivity contribution is -0.118. The van der Waals surface area contributed by atoms with E-state index in [-0.39, 0.29) is 30.2 Å². The summed E-state index contributed by atoms with van der Waals surface area (Å²) in [4.78, 5) is 11.4. The molecular weight excluding hydrogens is 428 g/mol. The van der Waals surface area contributed by atoms with Gasteiger partial charge in [-0.15, -0.1) is 10.2 Å². The van der Waals surface area contributed by atoms with E-state index >= 15 is 0 Å². The van der Waals surface area contributed by atoms with Crippen LogP contribution in [-0.4, -0.2) is 35.9 Å². The summed E-state index contributed by atoms with van der Waals surface area (Å²) in [6.45, 7) is -0.175. The van der Waals surface area contributed by atoms with Crippen LogP contribution in [0.15, 0.2) is 21.8 Å². The van der Waals surface area contributed by atoms with Crippen LogP contribution in [0.5, 0.6) is 11.5 Å². The van der Waals surface area contributed by atoms with Gasteiger partial charge in [0.15, 0.2) is 11.5 Å². The van der Waals surface area contributed by atoms with E-state index in [1.165, 1.54) is 4.57 Å². The van der Waals surface area contributed by atoms with Crippen LogP contribution in [0.3, 0.4) is 0 Å². The lowest BCUT2D eigenvalue weighted by Crippen LogP contribution is -2.23. The zero-order valence-electron chi connectivity index (χ0n) is 13.5.